The average Bonchev–Trinajstić information content (AvgIpc) is 1.63. The van der Waals surface area contributed by atoms with Gasteiger partial charge in [0.15, 0.2) is 0 Å². The number of aliphatic carboxylic acids is 1. The van der Waals surface area contributed by atoms with Gasteiger partial charge >= 0.3 is 42.0 Å². The van der Waals surface area contributed by atoms with E-state index in [9.17, 15) is 63.0 Å². The molecule has 4 aromatic heterocycles. The number of cyclic esters (lactones) is 2. The van der Waals surface area contributed by atoms with E-state index in [0.717, 1.165) is 45.9 Å². The Labute approximate surface area is 571 Å². The van der Waals surface area contributed by atoms with Gasteiger partial charge in [-0.1, -0.05) is 67.2 Å². The number of aromatic hydroxyl groups is 1. The molecule has 0 bridgehead atoms. The molecule has 2 amide bonds. The van der Waals surface area contributed by atoms with Crippen LogP contribution in [0.15, 0.2) is 58.1 Å². The number of hydrogen-bond acceptors (Lipinski definition) is 21. The first kappa shape index (κ1) is 73.2. The second-order valence-corrected chi connectivity index (χ2v) is 27.0. The molecule has 0 radical (unpaired) electrons. The number of unbranched alkanes of at least 4 members (excludes halogenated alkanes) is 2. The Kier molecular flexibility index (Phi) is 21.9. The van der Waals surface area contributed by atoms with Gasteiger partial charge in [0.1, 0.15) is 48.0 Å². The number of phenolic OH excluding ortho intramolecular Hbond substituents is 1. The number of ether oxygens (including phenoxy) is 7. The van der Waals surface area contributed by atoms with E-state index < -0.39 is 112 Å². The largest absolute Gasteiger partial charge is 0.514 e. The summed E-state index contributed by atoms with van der Waals surface area (Å²) in [6.45, 7) is 21.4. The van der Waals surface area contributed by atoms with Crippen molar-refractivity contribution >= 4 is 75.6 Å². The lowest BCUT2D eigenvalue weighted by atomic mass is 9.85. The molecule has 4 aliphatic heterocycles. The fourth-order valence-corrected chi connectivity index (χ4v) is 13.0. The van der Waals surface area contributed by atoms with Crippen molar-refractivity contribution < 1.29 is 86.5 Å². The minimum atomic E-state index is -1.95. The molecule has 528 valence electrons. The molecule has 4 atom stereocenters. The fourth-order valence-electron chi connectivity index (χ4n) is 13.0. The first-order valence-corrected chi connectivity index (χ1v) is 33.7. The number of carboxylic acids is 1. The molecule has 4 aliphatic rings. The van der Waals surface area contributed by atoms with Crippen LogP contribution in [0.25, 0.3) is 44.6 Å². The summed E-state index contributed by atoms with van der Waals surface area (Å²) in [5.74, 6) is -5.89. The zero-order valence-electron chi connectivity index (χ0n) is 58.0. The normalized spacial score (nSPS) is 16.9. The van der Waals surface area contributed by atoms with Crippen LogP contribution in [0.1, 0.15) is 205 Å². The highest BCUT2D eigenvalue weighted by Gasteiger charge is 2.52. The molecular formula is C73H86N6O20. The molecule has 4 N–H and O–H groups in total. The number of phenols is 1. The van der Waals surface area contributed by atoms with Crippen molar-refractivity contribution in [2.24, 2.45) is 0 Å². The second-order valence-electron chi connectivity index (χ2n) is 27.0. The summed E-state index contributed by atoms with van der Waals surface area (Å²) >= 11 is 0. The maximum absolute atomic E-state index is 14.1. The van der Waals surface area contributed by atoms with Crippen LogP contribution in [0.3, 0.4) is 0 Å². The van der Waals surface area contributed by atoms with Crippen molar-refractivity contribution in [1.29, 1.82) is 0 Å². The highest BCUT2D eigenvalue weighted by molar-refractivity contribution is 5.94. The molecule has 0 saturated carbocycles. The van der Waals surface area contributed by atoms with Crippen LogP contribution in [0.2, 0.25) is 0 Å². The van der Waals surface area contributed by atoms with Gasteiger partial charge in [0.05, 0.1) is 70.9 Å². The van der Waals surface area contributed by atoms with Crippen LogP contribution in [-0.4, -0.2) is 106 Å². The summed E-state index contributed by atoms with van der Waals surface area (Å²) in [6, 6.07) is 11.3. The highest BCUT2D eigenvalue weighted by Crippen LogP contribution is 2.45. The van der Waals surface area contributed by atoms with Crippen molar-refractivity contribution in [3.8, 4) is 34.3 Å². The molecule has 2 unspecified atom stereocenters. The van der Waals surface area contributed by atoms with Gasteiger partial charge in [0.25, 0.3) is 11.1 Å². The quantitative estimate of drug-likeness (QED) is 0.0263. The lowest BCUT2D eigenvalue weighted by Crippen LogP contribution is -2.47. The van der Waals surface area contributed by atoms with Crippen LogP contribution in [-0.2, 0) is 117 Å². The molecular weight excluding hydrogens is 1280 g/mol. The number of fused-ring (bicyclic) bond motifs is 10. The van der Waals surface area contributed by atoms with Crippen LogP contribution >= 0.6 is 0 Å². The molecule has 26 heteroatoms. The average molecular weight is 1370 g/mol. The number of carbonyl (C=O) groups is 9. The Hall–Kier alpha value is -10.0. The molecule has 0 saturated heterocycles. The van der Waals surface area contributed by atoms with E-state index in [1.54, 1.807) is 113 Å². The third-order valence-electron chi connectivity index (χ3n) is 17.8. The van der Waals surface area contributed by atoms with Crippen molar-refractivity contribution in [2.75, 3.05) is 0 Å². The molecule has 99 heavy (non-hydrogen) atoms. The van der Waals surface area contributed by atoms with Crippen LogP contribution in [0, 0.1) is 0 Å². The summed E-state index contributed by atoms with van der Waals surface area (Å²) < 4.78 is 41.9. The van der Waals surface area contributed by atoms with Crippen molar-refractivity contribution in [3.63, 3.8) is 0 Å². The zero-order valence-corrected chi connectivity index (χ0v) is 58.0. The number of carbonyl (C=O) groups excluding carboxylic acids is 8. The first-order chi connectivity index (χ1) is 46.8. The molecule has 10 rings (SSSR count). The number of hydrogen-bond donors (Lipinski definition) is 4. The zero-order chi connectivity index (χ0) is 72.2. The van der Waals surface area contributed by atoms with E-state index in [2.05, 4.69) is 10.6 Å². The fraction of sp³-hybridized carbons (Fsp3) is 0.493. The second kappa shape index (κ2) is 29.6. The van der Waals surface area contributed by atoms with Gasteiger partial charge in [-0.3, -0.25) is 28.8 Å². The van der Waals surface area contributed by atoms with Crippen molar-refractivity contribution in [2.45, 2.75) is 234 Å². The van der Waals surface area contributed by atoms with Gasteiger partial charge in [-0.05, 0) is 140 Å². The Morgan fingerprint density at radius 1 is 0.586 bits per heavy atom. The van der Waals surface area contributed by atoms with Gasteiger partial charge in [0.2, 0.25) is 23.0 Å². The summed E-state index contributed by atoms with van der Waals surface area (Å²) in [7, 11) is 0. The Morgan fingerprint density at radius 2 is 1.03 bits per heavy atom. The Balaban J connectivity index is 0.000000237. The van der Waals surface area contributed by atoms with E-state index in [1.165, 1.54) is 0 Å². The van der Waals surface area contributed by atoms with Crippen LogP contribution in [0.4, 0.5) is 4.79 Å². The Bertz CT molecular complexity index is 4380. The highest BCUT2D eigenvalue weighted by atomic mass is 16.7. The topological polar surface area (TPSA) is 353 Å². The predicted molar refractivity (Wildman–Crippen MR) is 359 cm³/mol. The van der Waals surface area contributed by atoms with Crippen LogP contribution in [0.5, 0.6) is 11.5 Å². The number of pyridine rings is 4. The lowest BCUT2D eigenvalue weighted by molar-refractivity contribution is -0.189. The van der Waals surface area contributed by atoms with Crippen molar-refractivity contribution in [1.82, 2.24) is 29.7 Å². The molecule has 0 fully saturated rings. The minimum Gasteiger partial charge on any atom is -0.508 e. The molecule has 0 aliphatic carbocycles. The number of nitrogens with zero attached hydrogens (tertiary/aromatic N) is 4. The number of aryl methyl sites for hydroxylation is 2. The van der Waals surface area contributed by atoms with Gasteiger partial charge in [-0.25, -0.2) is 33.9 Å². The minimum absolute atomic E-state index is 0.0325. The summed E-state index contributed by atoms with van der Waals surface area (Å²) in [4.78, 5) is 153. The van der Waals surface area contributed by atoms with Gasteiger partial charge < -0.3 is 63.1 Å². The molecule has 0 spiro atoms. The third kappa shape index (κ3) is 15.3. The molecule has 6 aromatic rings. The third-order valence-corrected chi connectivity index (χ3v) is 17.8. The number of benzene rings is 2. The maximum Gasteiger partial charge on any atom is 0.514 e. The van der Waals surface area contributed by atoms with E-state index >= 15 is 0 Å². The number of nitrogens with one attached hydrogen (secondary N) is 2. The monoisotopic (exact) mass is 1370 g/mol. The van der Waals surface area contributed by atoms with Crippen LogP contribution < -0.4 is 26.5 Å². The van der Waals surface area contributed by atoms with Gasteiger partial charge in [-0.15, -0.1) is 0 Å². The van der Waals surface area contributed by atoms with Gasteiger partial charge in [-0.2, -0.15) is 0 Å². The number of aromatic nitrogens is 4. The van der Waals surface area contributed by atoms with E-state index in [4.69, 9.17) is 43.1 Å². The smallest absolute Gasteiger partial charge is 0.508 e. The number of esters is 5. The lowest BCUT2D eigenvalue weighted by Gasteiger charge is -2.35. The standard InChI is InChI=1S/C41H51N3O11.C32H35N3O9/c1-10-13-14-30(36(48)54-39(4,5)6)42-32(45)17-18-33(46)53-41(12-3)28-20-31-34-26(21-44(31)35(47)27(28)22-51-37(41)49)24(11-2)25-19-23(15-16-29(25)43-34)52-38(50)55-40(7,8)9;1-4-7-8-24(30(40)41)33-26(37)11-12-27(38)44-32(6-3)22-14-25-28-20(15-35(25)29(39)21(22)16-43-31(32)42)18(5-2)19-13-17(36)9-10-23(19)34-28/h15-16,19-20,30H,10-14,17-18,21-22H2,1-9H3,(H,42,45);9-10,13-14,24,36H,4-8,11-12,15-16H2,1-3H3,(H,33,37)(H,40,41)/t30?,41-;24?,32-/m00/s1. The van der Waals surface area contributed by atoms with Gasteiger partial charge in [0, 0.05) is 45.9 Å². The number of rotatable bonds is 23. The van der Waals surface area contributed by atoms with E-state index in [0.29, 0.717) is 65.9 Å². The summed E-state index contributed by atoms with van der Waals surface area (Å²) in [6.07, 6.45) is 2.32. The SMILES string of the molecule is CCCCC(NC(=O)CCC(=O)O[C@]1(CC)C(=O)OCc2c1cc1n(c2=O)Cc2c-1nc1ccc(O)cc1c2CC)C(=O)O.CCCCC(NC(=O)CCC(=O)O[C@]1(CC)C(=O)OCc2c1cc1n(c2=O)Cc2c-1nc1ccc(OC(=O)OC(C)(C)C)cc1c2CC)C(=O)OC(C)(C)C. The first-order valence-electron chi connectivity index (χ1n) is 33.7. The molecule has 8 heterocycles. The van der Waals surface area contributed by atoms with E-state index in [-0.39, 0.29) is 92.2 Å². The number of carboxylic acid groups (broad SMARTS) is 1. The van der Waals surface area contributed by atoms with Crippen molar-refractivity contribution in [3.05, 3.63) is 114 Å². The Morgan fingerprint density at radius 3 is 1.46 bits per heavy atom. The molecule has 26 nitrogen and oxygen atoms in total. The van der Waals surface area contributed by atoms with E-state index in [1.807, 2.05) is 27.7 Å². The summed E-state index contributed by atoms with van der Waals surface area (Å²) in [5.41, 5.74) is 1.40. The maximum atomic E-state index is 14.1. The predicted octanol–water partition coefficient (Wildman–Crippen LogP) is 9.74. The number of amides is 2. The summed E-state index contributed by atoms with van der Waals surface area (Å²) in [5, 5.41) is 26.1. The molecule has 2 aromatic carbocycles.